The molecule has 1 N–H and O–H groups in total. The first-order valence-corrected chi connectivity index (χ1v) is 9.78. The number of hydrogen-bond acceptors (Lipinski definition) is 7. The van der Waals surface area contributed by atoms with Gasteiger partial charge < -0.3 is 19.3 Å². The minimum Gasteiger partial charge on any atom is -0.378 e. The van der Waals surface area contributed by atoms with E-state index in [9.17, 15) is 0 Å². The number of pyridine rings is 2. The standard InChI is InChI=1S/C20H24N6O2/c1-14-13-26(8-11-28-14)17-12-18(25-6-9-27-10-7-25)23-19-15(17)2-4-21-20(19)16-3-5-22-24-16/h2-5,12,14H,6-11,13H2,1H3,(H,22,24). The Bertz CT molecular complexity index is 955. The van der Waals surface area contributed by atoms with Gasteiger partial charge in [-0.15, -0.1) is 0 Å². The van der Waals surface area contributed by atoms with Crippen LogP contribution < -0.4 is 9.80 Å². The van der Waals surface area contributed by atoms with Gasteiger partial charge in [-0.2, -0.15) is 5.10 Å². The number of hydrogen-bond donors (Lipinski definition) is 1. The summed E-state index contributed by atoms with van der Waals surface area (Å²) < 4.78 is 11.3. The van der Waals surface area contributed by atoms with Crippen molar-refractivity contribution in [1.82, 2.24) is 20.2 Å². The van der Waals surface area contributed by atoms with E-state index in [1.54, 1.807) is 6.20 Å². The zero-order valence-electron chi connectivity index (χ0n) is 16.0. The minimum atomic E-state index is 0.206. The fraction of sp³-hybridized carbons (Fsp3) is 0.450. The molecule has 8 heteroatoms. The zero-order valence-corrected chi connectivity index (χ0v) is 16.0. The van der Waals surface area contributed by atoms with Crippen LogP contribution in [0.3, 0.4) is 0 Å². The van der Waals surface area contributed by atoms with E-state index in [1.165, 1.54) is 5.69 Å². The Morgan fingerprint density at radius 2 is 1.93 bits per heavy atom. The molecule has 0 spiro atoms. The molecular formula is C20H24N6O2. The van der Waals surface area contributed by atoms with Gasteiger partial charge in [-0.1, -0.05) is 0 Å². The predicted molar refractivity (Wildman–Crippen MR) is 108 cm³/mol. The number of aromatic amines is 1. The van der Waals surface area contributed by atoms with E-state index in [0.717, 1.165) is 74.1 Å². The molecule has 0 radical (unpaired) electrons. The monoisotopic (exact) mass is 380 g/mol. The molecule has 3 aromatic heterocycles. The van der Waals surface area contributed by atoms with E-state index >= 15 is 0 Å². The van der Waals surface area contributed by atoms with Gasteiger partial charge in [-0.25, -0.2) is 4.98 Å². The summed E-state index contributed by atoms with van der Waals surface area (Å²) in [6.45, 7) is 7.73. The molecule has 3 aromatic rings. The first-order valence-electron chi connectivity index (χ1n) is 9.78. The van der Waals surface area contributed by atoms with E-state index in [2.05, 4.69) is 44.0 Å². The van der Waals surface area contributed by atoms with Crippen LogP contribution in [0.15, 0.2) is 30.6 Å². The Kier molecular flexibility index (Phi) is 4.58. The maximum atomic E-state index is 5.76. The summed E-state index contributed by atoms with van der Waals surface area (Å²) in [6.07, 6.45) is 3.80. The van der Waals surface area contributed by atoms with Gasteiger partial charge >= 0.3 is 0 Å². The average Bonchev–Trinajstić information content (AvgIpc) is 3.28. The Hall–Kier alpha value is -2.71. The summed E-state index contributed by atoms with van der Waals surface area (Å²) >= 11 is 0. The Labute approximate surface area is 163 Å². The third-order valence-electron chi connectivity index (χ3n) is 5.37. The normalized spacial score (nSPS) is 20.7. The van der Waals surface area contributed by atoms with Crippen LogP contribution in [0.1, 0.15) is 6.92 Å². The van der Waals surface area contributed by atoms with Gasteiger partial charge in [0, 0.05) is 50.0 Å². The predicted octanol–water partition coefficient (Wildman–Crippen LogP) is 2.08. The third-order valence-corrected chi connectivity index (χ3v) is 5.37. The van der Waals surface area contributed by atoms with Crippen molar-refractivity contribution in [2.24, 2.45) is 0 Å². The molecular weight excluding hydrogens is 356 g/mol. The molecule has 2 aliphatic heterocycles. The average molecular weight is 380 g/mol. The van der Waals surface area contributed by atoms with E-state index in [0.29, 0.717) is 0 Å². The highest BCUT2D eigenvalue weighted by Gasteiger charge is 2.23. The van der Waals surface area contributed by atoms with E-state index in [-0.39, 0.29) is 6.10 Å². The van der Waals surface area contributed by atoms with Crippen molar-refractivity contribution < 1.29 is 9.47 Å². The van der Waals surface area contributed by atoms with Gasteiger partial charge in [0.1, 0.15) is 17.0 Å². The summed E-state index contributed by atoms with van der Waals surface area (Å²) in [5, 5.41) is 8.23. The third kappa shape index (κ3) is 3.18. The van der Waals surface area contributed by atoms with Gasteiger partial charge in [0.25, 0.3) is 0 Å². The summed E-state index contributed by atoms with van der Waals surface area (Å²) in [4.78, 5) is 14.3. The molecule has 146 valence electrons. The van der Waals surface area contributed by atoms with Crippen LogP contribution in [0.4, 0.5) is 11.5 Å². The number of rotatable bonds is 3. The summed E-state index contributed by atoms with van der Waals surface area (Å²) in [5.41, 5.74) is 3.78. The maximum Gasteiger partial charge on any atom is 0.131 e. The Morgan fingerprint density at radius 3 is 2.71 bits per heavy atom. The molecule has 2 fully saturated rings. The van der Waals surface area contributed by atoms with Gasteiger partial charge in [-0.3, -0.25) is 10.1 Å². The SMILES string of the molecule is CC1CN(c2cc(N3CCOCC3)nc3c(-c4ccn[nH]4)nccc23)CCO1. The first kappa shape index (κ1) is 17.4. The number of ether oxygens (including phenoxy) is 2. The maximum absolute atomic E-state index is 5.76. The van der Waals surface area contributed by atoms with Crippen molar-refractivity contribution in [3.63, 3.8) is 0 Å². The molecule has 0 saturated carbocycles. The second-order valence-corrected chi connectivity index (χ2v) is 7.25. The van der Waals surface area contributed by atoms with E-state index < -0.39 is 0 Å². The van der Waals surface area contributed by atoms with Crippen LogP contribution in [0.5, 0.6) is 0 Å². The van der Waals surface area contributed by atoms with Crippen molar-refractivity contribution in [3.8, 4) is 11.4 Å². The molecule has 5 heterocycles. The molecule has 1 atom stereocenters. The number of fused-ring (bicyclic) bond motifs is 1. The minimum absolute atomic E-state index is 0.206. The van der Waals surface area contributed by atoms with Crippen LogP contribution in [-0.2, 0) is 9.47 Å². The molecule has 0 aliphatic carbocycles. The molecule has 5 rings (SSSR count). The Morgan fingerprint density at radius 1 is 1.07 bits per heavy atom. The number of morpholine rings is 2. The van der Waals surface area contributed by atoms with Crippen molar-refractivity contribution in [2.45, 2.75) is 13.0 Å². The number of aromatic nitrogens is 4. The van der Waals surface area contributed by atoms with Crippen molar-refractivity contribution in [3.05, 3.63) is 30.6 Å². The quantitative estimate of drug-likeness (QED) is 0.745. The van der Waals surface area contributed by atoms with Crippen LogP contribution in [0, 0.1) is 0 Å². The molecule has 0 amide bonds. The van der Waals surface area contributed by atoms with Crippen molar-refractivity contribution in [1.29, 1.82) is 0 Å². The molecule has 2 aliphatic rings. The molecule has 2 saturated heterocycles. The highest BCUT2D eigenvalue weighted by atomic mass is 16.5. The van der Waals surface area contributed by atoms with Crippen LogP contribution in [-0.4, -0.2) is 72.3 Å². The van der Waals surface area contributed by atoms with E-state index in [4.69, 9.17) is 14.5 Å². The van der Waals surface area contributed by atoms with Crippen LogP contribution >= 0.6 is 0 Å². The van der Waals surface area contributed by atoms with Crippen molar-refractivity contribution >= 4 is 22.4 Å². The lowest BCUT2D eigenvalue weighted by molar-refractivity contribution is 0.0533. The topological polar surface area (TPSA) is 79.4 Å². The largest absolute Gasteiger partial charge is 0.378 e. The van der Waals surface area contributed by atoms with Crippen molar-refractivity contribution in [2.75, 3.05) is 55.8 Å². The van der Waals surface area contributed by atoms with Crippen LogP contribution in [0.25, 0.3) is 22.3 Å². The number of H-pyrrole nitrogens is 1. The lowest BCUT2D eigenvalue weighted by Crippen LogP contribution is -2.41. The summed E-state index contributed by atoms with van der Waals surface area (Å²) in [6, 6.07) is 6.20. The summed E-state index contributed by atoms with van der Waals surface area (Å²) in [5.74, 6) is 0.971. The second-order valence-electron chi connectivity index (χ2n) is 7.25. The lowest BCUT2D eigenvalue weighted by atomic mass is 10.1. The zero-order chi connectivity index (χ0) is 18.9. The molecule has 28 heavy (non-hydrogen) atoms. The number of nitrogens with one attached hydrogen (secondary N) is 1. The number of anilines is 2. The lowest BCUT2D eigenvalue weighted by Gasteiger charge is -2.35. The second kappa shape index (κ2) is 7.37. The fourth-order valence-electron chi connectivity index (χ4n) is 3.96. The highest BCUT2D eigenvalue weighted by Crippen LogP contribution is 2.35. The first-order chi connectivity index (χ1) is 13.8. The van der Waals surface area contributed by atoms with Gasteiger partial charge in [0.15, 0.2) is 0 Å². The van der Waals surface area contributed by atoms with E-state index in [1.807, 2.05) is 12.3 Å². The molecule has 8 nitrogen and oxygen atoms in total. The van der Waals surface area contributed by atoms with Gasteiger partial charge in [0.2, 0.25) is 0 Å². The van der Waals surface area contributed by atoms with Gasteiger partial charge in [-0.05, 0) is 19.1 Å². The van der Waals surface area contributed by atoms with Crippen LogP contribution in [0.2, 0.25) is 0 Å². The molecule has 0 bridgehead atoms. The number of nitrogens with zero attached hydrogens (tertiary/aromatic N) is 5. The van der Waals surface area contributed by atoms with Gasteiger partial charge in [0.05, 0.1) is 37.3 Å². The molecule has 0 aromatic carbocycles. The highest BCUT2D eigenvalue weighted by molar-refractivity contribution is 6.00. The summed E-state index contributed by atoms with van der Waals surface area (Å²) in [7, 11) is 0. The Balaban J connectivity index is 1.69. The molecule has 1 unspecified atom stereocenters. The fourth-order valence-corrected chi connectivity index (χ4v) is 3.96. The smallest absolute Gasteiger partial charge is 0.131 e.